The van der Waals surface area contributed by atoms with Crippen LogP contribution in [0.5, 0.6) is 5.75 Å². The Balaban J connectivity index is 1.51. The molecule has 1 saturated heterocycles. The molecule has 12 heteroatoms. The van der Waals surface area contributed by atoms with Crippen LogP contribution >= 0.6 is 0 Å². The standard InChI is InChI=1S/C27H29F3N4O5/c1-12-13(2)22(12)39-26(36)17-6-5-11-34(17)25(35)21-23(14(3)31)38-24(33-21)16-7-9-18(37-4)20-15(16)8-10-19(32-20)27(28,29)30/h7-10,12-14,17,22H,5-6,11,31H2,1-4H3/t12?,13?,14-,17-,22?/m0/s1. The second-order valence-electron chi connectivity index (χ2n) is 10.2. The molecule has 2 unspecified atom stereocenters. The van der Waals surface area contributed by atoms with Crippen LogP contribution in [0.2, 0.25) is 0 Å². The zero-order valence-corrected chi connectivity index (χ0v) is 21.9. The summed E-state index contributed by atoms with van der Waals surface area (Å²) in [5, 5.41) is 0.286. The monoisotopic (exact) mass is 546 g/mol. The zero-order chi connectivity index (χ0) is 28.2. The molecule has 3 heterocycles. The van der Waals surface area contributed by atoms with Gasteiger partial charge >= 0.3 is 12.1 Å². The number of alkyl halides is 3. The van der Waals surface area contributed by atoms with Crippen molar-refractivity contribution in [2.24, 2.45) is 17.6 Å². The number of esters is 1. The molecule has 2 fully saturated rings. The first kappa shape index (κ1) is 26.9. The number of hydrogen-bond acceptors (Lipinski definition) is 8. The van der Waals surface area contributed by atoms with Gasteiger partial charge in [-0.25, -0.2) is 14.8 Å². The number of methoxy groups -OCH3 is 1. The summed E-state index contributed by atoms with van der Waals surface area (Å²) in [6, 6.07) is 3.65. The summed E-state index contributed by atoms with van der Waals surface area (Å²) in [5.74, 6) is -0.190. The normalized spacial score (nSPS) is 23.6. The molecule has 0 radical (unpaired) electrons. The Hall–Kier alpha value is -3.67. The van der Waals surface area contributed by atoms with Crippen molar-refractivity contribution >= 4 is 22.8 Å². The van der Waals surface area contributed by atoms with Crippen LogP contribution in [0.25, 0.3) is 22.4 Å². The number of benzene rings is 1. The van der Waals surface area contributed by atoms with Crippen molar-refractivity contribution < 1.29 is 36.7 Å². The third kappa shape index (κ3) is 4.81. The summed E-state index contributed by atoms with van der Waals surface area (Å²) in [6.07, 6.45) is -3.71. The largest absolute Gasteiger partial charge is 0.494 e. The van der Waals surface area contributed by atoms with Gasteiger partial charge < -0.3 is 24.5 Å². The van der Waals surface area contributed by atoms with Crippen LogP contribution in [0.3, 0.4) is 0 Å². The summed E-state index contributed by atoms with van der Waals surface area (Å²) >= 11 is 0. The SMILES string of the molecule is COc1ccc(-c2nc(C(=O)N3CCC[C@H]3C(=O)OC3C(C)C3C)c([C@H](C)N)o2)c2ccc(C(F)(F)F)nc12. The fourth-order valence-electron chi connectivity index (χ4n) is 5.05. The van der Waals surface area contributed by atoms with Crippen molar-refractivity contribution in [3.63, 3.8) is 0 Å². The molecule has 0 spiro atoms. The molecule has 9 nitrogen and oxygen atoms in total. The third-order valence-corrected chi connectivity index (χ3v) is 7.59. The number of pyridine rings is 1. The van der Waals surface area contributed by atoms with E-state index < -0.39 is 35.8 Å². The maximum atomic E-state index is 13.7. The minimum Gasteiger partial charge on any atom is -0.494 e. The van der Waals surface area contributed by atoms with Crippen molar-refractivity contribution in [2.75, 3.05) is 13.7 Å². The predicted molar refractivity (Wildman–Crippen MR) is 134 cm³/mol. The number of nitrogens with two attached hydrogens (primary N) is 1. The molecular formula is C27H29F3N4O5. The van der Waals surface area contributed by atoms with Crippen LogP contribution in [-0.2, 0) is 15.7 Å². The van der Waals surface area contributed by atoms with Gasteiger partial charge in [-0.1, -0.05) is 13.8 Å². The van der Waals surface area contributed by atoms with E-state index in [1.165, 1.54) is 24.1 Å². The number of rotatable bonds is 6. The molecule has 2 aromatic heterocycles. The lowest BCUT2D eigenvalue weighted by molar-refractivity contribution is -0.150. The minimum absolute atomic E-state index is 0.0150. The number of ether oxygens (including phenoxy) is 2. The minimum atomic E-state index is -4.65. The number of fused-ring (bicyclic) bond motifs is 1. The number of carbonyl (C=O) groups excluding carboxylic acids is 2. The quantitative estimate of drug-likeness (QED) is 0.440. The molecule has 0 bridgehead atoms. The van der Waals surface area contributed by atoms with E-state index in [1.807, 2.05) is 13.8 Å². The maximum Gasteiger partial charge on any atom is 0.433 e. The van der Waals surface area contributed by atoms with Crippen molar-refractivity contribution in [2.45, 2.75) is 58.0 Å². The first-order valence-electron chi connectivity index (χ1n) is 12.8. The van der Waals surface area contributed by atoms with Gasteiger partial charge in [0, 0.05) is 17.5 Å². The number of amides is 1. The van der Waals surface area contributed by atoms with Gasteiger partial charge in [0.15, 0.2) is 11.5 Å². The topological polar surface area (TPSA) is 121 Å². The Kier molecular flexibility index (Phi) is 6.78. The van der Waals surface area contributed by atoms with Gasteiger partial charge in [-0.2, -0.15) is 13.2 Å². The third-order valence-electron chi connectivity index (χ3n) is 7.59. The van der Waals surface area contributed by atoms with E-state index in [1.54, 1.807) is 13.0 Å². The van der Waals surface area contributed by atoms with Gasteiger partial charge in [0.25, 0.3) is 5.91 Å². The van der Waals surface area contributed by atoms with Crippen molar-refractivity contribution in [3.8, 4) is 17.2 Å². The van der Waals surface area contributed by atoms with Gasteiger partial charge in [-0.15, -0.1) is 0 Å². The Morgan fingerprint density at radius 1 is 1.15 bits per heavy atom. The predicted octanol–water partition coefficient (Wildman–Crippen LogP) is 4.74. The fraction of sp³-hybridized carbons (Fsp3) is 0.481. The van der Waals surface area contributed by atoms with E-state index in [0.717, 1.165) is 6.07 Å². The highest BCUT2D eigenvalue weighted by atomic mass is 19.4. The van der Waals surface area contributed by atoms with Gasteiger partial charge in [0.2, 0.25) is 5.89 Å². The van der Waals surface area contributed by atoms with Crippen LogP contribution in [-0.4, -0.2) is 52.5 Å². The van der Waals surface area contributed by atoms with E-state index in [0.29, 0.717) is 24.9 Å². The summed E-state index contributed by atoms with van der Waals surface area (Å²) in [4.78, 5) is 36.2. The highest BCUT2D eigenvalue weighted by Gasteiger charge is 2.48. The highest BCUT2D eigenvalue weighted by molar-refractivity contribution is 5.99. The van der Waals surface area contributed by atoms with Crippen molar-refractivity contribution in [1.29, 1.82) is 0 Å². The molecule has 39 heavy (non-hydrogen) atoms. The van der Waals surface area contributed by atoms with Gasteiger partial charge in [-0.05, 0) is 55.9 Å². The Labute approximate surface area is 222 Å². The van der Waals surface area contributed by atoms with Crippen LogP contribution in [0.15, 0.2) is 28.7 Å². The fourth-order valence-corrected chi connectivity index (χ4v) is 5.05. The maximum absolute atomic E-state index is 13.7. The number of carbonyl (C=O) groups is 2. The lowest BCUT2D eigenvalue weighted by Gasteiger charge is -2.23. The number of aromatic nitrogens is 2. The molecule has 4 atom stereocenters. The first-order chi connectivity index (χ1) is 18.4. The average Bonchev–Trinajstić information content (AvgIpc) is 3.33. The molecule has 1 amide bonds. The summed E-state index contributed by atoms with van der Waals surface area (Å²) in [6.45, 7) is 5.98. The zero-order valence-electron chi connectivity index (χ0n) is 21.9. The average molecular weight is 547 g/mol. The smallest absolute Gasteiger partial charge is 0.433 e. The Morgan fingerprint density at radius 2 is 1.87 bits per heavy atom. The molecule has 1 saturated carbocycles. The van der Waals surface area contributed by atoms with Gasteiger partial charge in [0.1, 0.15) is 29.1 Å². The molecule has 2 aliphatic rings. The molecular weight excluding hydrogens is 517 g/mol. The number of oxazole rings is 1. The van der Waals surface area contributed by atoms with Crippen molar-refractivity contribution in [3.05, 3.63) is 41.4 Å². The molecule has 1 aliphatic carbocycles. The summed E-state index contributed by atoms with van der Waals surface area (Å²) in [5.41, 5.74) is 5.25. The Morgan fingerprint density at radius 3 is 2.49 bits per heavy atom. The van der Waals surface area contributed by atoms with Crippen LogP contribution in [0.4, 0.5) is 13.2 Å². The van der Waals surface area contributed by atoms with Crippen LogP contribution in [0.1, 0.15) is 61.6 Å². The molecule has 208 valence electrons. The number of hydrogen-bond donors (Lipinski definition) is 1. The van der Waals surface area contributed by atoms with E-state index >= 15 is 0 Å². The number of likely N-dealkylation sites (tertiary alicyclic amines) is 1. The number of nitrogens with zero attached hydrogens (tertiary/aromatic N) is 3. The van der Waals surface area contributed by atoms with E-state index in [9.17, 15) is 22.8 Å². The number of halogens is 3. The van der Waals surface area contributed by atoms with Crippen LogP contribution < -0.4 is 10.5 Å². The lowest BCUT2D eigenvalue weighted by atomic mass is 10.1. The first-order valence-corrected chi connectivity index (χ1v) is 12.8. The molecule has 1 aromatic carbocycles. The molecule has 2 N–H and O–H groups in total. The second kappa shape index (κ2) is 9.82. The van der Waals surface area contributed by atoms with E-state index in [-0.39, 0.29) is 51.9 Å². The van der Waals surface area contributed by atoms with Gasteiger partial charge in [-0.3, -0.25) is 4.79 Å². The molecule has 1 aliphatic heterocycles. The summed E-state index contributed by atoms with van der Waals surface area (Å²) < 4.78 is 56.8. The van der Waals surface area contributed by atoms with Gasteiger partial charge in [0.05, 0.1) is 13.2 Å². The molecule has 5 rings (SSSR count). The highest BCUT2D eigenvalue weighted by Crippen LogP contribution is 2.42. The molecule has 3 aromatic rings. The van der Waals surface area contributed by atoms with E-state index in [4.69, 9.17) is 19.6 Å². The Bertz CT molecular complexity index is 1430. The second-order valence-corrected chi connectivity index (χ2v) is 10.2. The van der Waals surface area contributed by atoms with E-state index in [2.05, 4.69) is 9.97 Å². The summed E-state index contributed by atoms with van der Waals surface area (Å²) in [7, 11) is 1.33. The van der Waals surface area contributed by atoms with Crippen molar-refractivity contribution in [1.82, 2.24) is 14.9 Å². The van der Waals surface area contributed by atoms with Crippen LogP contribution in [0, 0.1) is 11.8 Å². The lowest BCUT2D eigenvalue weighted by Crippen LogP contribution is -2.42.